The number of aryl methyl sites for hydroxylation is 1. The summed E-state index contributed by atoms with van der Waals surface area (Å²) in [5.41, 5.74) is 8.63. The predicted molar refractivity (Wildman–Crippen MR) is 60.9 cm³/mol. The van der Waals surface area contributed by atoms with Crippen LogP contribution in [0.3, 0.4) is 0 Å². The SMILES string of the molecule is Cc1cc(N)ccc1C#CCCBr. The maximum atomic E-state index is 5.63. The molecule has 1 rings (SSSR count). The molecule has 1 aromatic carbocycles. The van der Waals surface area contributed by atoms with Gasteiger partial charge in [-0.1, -0.05) is 27.8 Å². The number of nitrogens with two attached hydrogens (primary N) is 1. The average molecular weight is 238 g/mol. The second-order valence-corrected chi connectivity index (χ2v) is 3.61. The molecule has 2 N–H and O–H groups in total. The molecule has 0 aromatic heterocycles. The minimum atomic E-state index is 0.795. The summed E-state index contributed by atoms with van der Waals surface area (Å²) in [4.78, 5) is 0. The first-order valence-corrected chi connectivity index (χ1v) is 5.27. The van der Waals surface area contributed by atoms with Gasteiger partial charge in [-0.15, -0.1) is 0 Å². The maximum Gasteiger partial charge on any atom is 0.0317 e. The van der Waals surface area contributed by atoms with Crippen LogP contribution in [0, 0.1) is 18.8 Å². The summed E-state index contributed by atoms with van der Waals surface area (Å²) in [6.45, 7) is 2.02. The van der Waals surface area contributed by atoms with Crippen molar-refractivity contribution >= 4 is 21.6 Å². The van der Waals surface area contributed by atoms with E-state index in [0.29, 0.717) is 0 Å². The van der Waals surface area contributed by atoms with Crippen molar-refractivity contribution in [3.8, 4) is 11.8 Å². The van der Waals surface area contributed by atoms with Crippen molar-refractivity contribution in [1.29, 1.82) is 0 Å². The highest BCUT2D eigenvalue weighted by atomic mass is 79.9. The van der Waals surface area contributed by atoms with Crippen LogP contribution in [0.4, 0.5) is 5.69 Å². The van der Waals surface area contributed by atoms with Gasteiger partial charge in [0.05, 0.1) is 0 Å². The fourth-order valence-electron chi connectivity index (χ4n) is 1.03. The number of nitrogen functional groups attached to an aromatic ring is 1. The molecule has 68 valence electrons. The Morgan fingerprint density at radius 1 is 1.46 bits per heavy atom. The van der Waals surface area contributed by atoms with E-state index in [9.17, 15) is 0 Å². The minimum absolute atomic E-state index is 0.795. The Kier molecular flexibility index (Phi) is 3.85. The number of rotatable bonds is 1. The monoisotopic (exact) mass is 237 g/mol. The number of anilines is 1. The molecule has 0 saturated heterocycles. The average Bonchev–Trinajstić information content (AvgIpc) is 2.09. The highest BCUT2D eigenvalue weighted by molar-refractivity contribution is 9.09. The summed E-state index contributed by atoms with van der Waals surface area (Å²) in [7, 11) is 0. The Morgan fingerprint density at radius 2 is 2.23 bits per heavy atom. The molecule has 0 spiro atoms. The van der Waals surface area contributed by atoms with Crippen molar-refractivity contribution in [2.45, 2.75) is 13.3 Å². The van der Waals surface area contributed by atoms with Gasteiger partial charge in [0.1, 0.15) is 0 Å². The topological polar surface area (TPSA) is 26.0 Å². The fourth-order valence-corrected chi connectivity index (χ4v) is 1.23. The first-order valence-electron chi connectivity index (χ1n) is 4.15. The largest absolute Gasteiger partial charge is 0.399 e. The van der Waals surface area contributed by atoms with Crippen LogP contribution in [-0.4, -0.2) is 5.33 Å². The Balaban J connectivity index is 2.85. The lowest BCUT2D eigenvalue weighted by atomic mass is 10.1. The normalized spacial score (nSPS) is 9.08. The lowest BCUT2D eigenvalue weighted by Crippen LogP contribution is -1.88. The zero-order valence-electron chi connectivity index (χ0n) is 7.60. The van der Waals surface area contributed by atoms with Crippen LogP contribution in [0.25, 0.3) is 0 Å². The molecule has 0 bridgehead atoms. The number of halogens is 1. The summed E-state index contributed by atoms with van der Waals surface area (Å²) in [5, 5.41) is 0.925. The van der Waals surface area contributed by atoms with Crippen LogP contribution in [0.15, 0.2) is 18.2 Å². The molecule has 0 aliphatic heterocycles. The second kappa shape index (κ2) is 4.94. The molecule has 0 aliphatic rings. The number of hydrogen-bond donors (Lipinski definition) is 1. The van der Waals surface area contributed by atoms with Crippen LogP contribution < -0.4 is 5.73 Å². The lowest BCUT2D eigenvalue weighted by Gasteiger charge is -1.98. The third-order valence-electron chi connectivity index (χ3n) is 1.69. The molecule has 0 radical (unpaired) electrons. The highest BCUT2D eigenvalue weighted by Gasteiger charge is 1.93. The van der Waals surface area contributed by atoms with Crippen molar-refractivity contribution in [2.24, 2.45) is 0 Å². The zero-order chi connectivity index (χ0) is 9.68. The van der Waals surface area contributed by atoms with Gasteiger partial charge >= 0.3 is 0 Å². The van der Waals surface area contributed by atoms with Crippen LogP contribution in [0.5, 0.6) is 0 Å². The van der Waals surface area contributed by atoms with Gasteiger partial charge in [0.2, 0.25) is 0 Å². The van der Waals surface area contributed by atoms with Gasteiger partial charge in [0, 0.05) is 23.0 Å². The van der Waals surface area contributed by atoms with E-state index in [2.05, 4.69) is 27.8 Å². The number of benzene rings is 1. The molecule has 1 aromatic rings. The molecule has 0 amide bonds. The molecule has 0 saturated carbocycles. The second-order valence-electron chi connectivity index (χ2n) is 2.82. The van der Waals surface area contributed by atoms with Gasteiger partial charge in [0.15, 0.2) is 0 Å². The third kappa shape index (κ3) is 3.12. The van der Waals surface area contributed by atoms with E-state index < -0.39 is 0 Å². The Bertz CT molecular complexity index is 347. The molecule has 0 aliphatic carbocycles. The van der Waals surface area contributed by atoms with Gasteiger partial charge in [-0.05, 0) is 30.7 Å². The standard InChI is InChI=1S/C11H12BrN/c1-9-8-11(13)6-5-10(9)4-2-3-7-12/h5-6,8H,3,7,13H2,1H3. The molecule has 2 heteroatoms. The van der Waals surface area contributed by atoms with Crippen LogP contribution >= 0.6 is 15.9 Å². The van der Waals surface area contributed by atoms with Crippen LogP contribution in [0.1, 0.15) is 17.5 Å². The summed E-state index contributed by atoms with van der Waals surface area (Å²) in [5.74, 6) is 6.18. The Morgan fingerprint density at radius 3 is 2.85 bits per heavy atom. The molecular weight excluding hydrogens is 226 g/mol. The van der Waals surface area contributed by atoms with Crippen molar-refractivity contribution in [3.63, 3.8) is 0 Å². The third-order valence-corrected chi connectivity index (χ3v) is 2.09. The molecule has 0 atom stereocenters. The van der Waals surface area contributed by atoms with E-state index in [1.807, 2.05) is 25.1 Å². The van der Waals surface area contributed by atoms with Gasteiger partial charge in [-0.25, -0.2) is 0 Å². The fraction of sp³-hybridized carbons (Fsp3) is 0.273. The Labute approximate surface area is 87.5 Å². The van der Waals surface area contributed by atoms with Crippen LogP contribution in [-0.2, 0) is 0 Å². The smallest absolute Gasteiger partial charge is 0.0317 e. The lowest BCUT2D eigenvalue weighted by molar-refractivity contribution is 1.31. The quantitative estimate of drug-likeness (QED) is 0.454. The van der Waals surface area contributed by atoms with E-state index in [-0.39, 0.29) is 0 Å². The maximum absolute atomic E-state index is 5.63. The van der Waals surface area contributed by atoms with Gasteiger partial charge in [-0.2, -0.15) is 0 Å². The molecule has 0 fully saturated rings. The van der Waals surface area contributed by atoms with E-state index in [4.69, 9.17) is 5.73 Å². The van der Waals surface area contributed by atoms with Crippen molar-refractivity contribution in [3.05, 3.63) is 29.3 Å². The van der Waals surface area contributed by atoms with E-state index in [0.717, 1.165) is 28.6 Å². The first-order chi connectivity index (χ1) is 6.24. The zero-order valence-corrected chi connectivity index (χ0v) is 9.19. The molecule has 1 nitrogen and oxygen atoms in total. The summed E-state index contributed by atoms with van der Waals surface area (Å²) >= 11 is 3.33. The minimum Gasteiger partial charge on any atom is -0.399 e. The predicted octanol–water partition coefficient (Wildman–Crippen LogP) is 2.71. The number of hydrogen-bond acceptors (Lipinski definition) is 1. The molecular formula is C11H12BrN. The van der Waals surface area contributed by atoms with Gasteiger partial charge in [0.25, 0.3) is 0 Å². The van der Waals surface area contributed by atoms with E-state index in [1.165, 1.54) is 0 Å². The molecule has 0 unspecified atom stereocenters. The highest BCUT2D eigenvalue weighted by Crippen LogP contribution is 2.10. The molecule has 13 heavy (non-hydrogen) atoms. The van der Waals surface area contributed by atoms with Crippen molar-refractivity contribution < 1.29 is 0 Å². The number of alkyl halides is 1. The van der Waals surface area contributed by atoms with Crippen molar-refractivity contribution in [2.75, 3.05) is 11.1 Å². The van der Waals surface area contributed by atoms with E-state index in [1.54, 1.807) is 0 Å². The summed E-state index contributed by atoms with van der Waals surface area (Å²) in [6, 6.07) is 5.79. The van der Waals surface area contributed by atoms with Crippen molar-refractivity contribution in [1.82, 2.24) is 0 Å². The van der Waals surface area contributed by atoms with Crippen LogP contribution in [0.2, 0.25) is 0 Å². The summed E-state index contributed by atoms with van der Waals surface area (Å²) < 4.78 is 0. The Hall–Kier alpha value is -0.940. The first kappa shape index (κ1) is 10.1. The van der Waals surface area contributed by atoms with Gasteiger partial charge in [-0.3, -0.25) is 0 Å². The summed E-state index contributed by atoms with van der Waals surface area (Å²) in [6.07, 6.45) is 0.879. The molecule has 0 heterocycles. The van der Waals surface area contributed by atoms with Gasteiger partial charge < -0.3 is 5.73 Å². The van der Waals surface area contributed by atoms with E-state index >= 15 is 0 Å².